The van der Waals surface area contributed by atoms with E-state index in [4.69, 9.17) is 9.84 Å². The van der Waals surface area contributed by atoms with E-state index in [2.05, 4.69) is 4.90 Å². The van der Waals surface area contributed by atoms with Gasteiger partial charge in [0.05, 0.1) is 19.1 Å². The third kappa shape index (κ3) is 3.11. The molecule has 1 N–H and O–H groups in total. The van der Waals surface area contributed by atoms with E-state index < -0.39 is 5.97 Å². The van der Waals surface area contributed by atoms with Crippen molar-refractivity contribution in [2.24, 2.45) is 11.3 Å². The molecule has 3 fully saturated rings. The van der Waals surface area contributed by atoms with Gasteiger partial charge in [-0.3, -0.25) is 9.59 Å². The Morgan fingerprint density at radius 3 is 2.24 bits per heavy atom. The van der Waals surface area contributed by atoms with E-state index >= 15 is 0 Å². The number of ether oxygens (including phenoxy) is 1. The summed E-state index contributed by atoms with van der Waals surface area (Å²) >= 11 is 0. The third-order valence-electron chi connectivity index (χ3n) is 6.02. The van der Waals surface area contributed by atoms with Crippen LogP contribution in [0.2, 0.25) is 0 Å². The number of morpholine rings is 1. The van der Waals surface area contributed by atoms with Crippen LogP contribution in [0.4, 0.5) is 5.69 Å². The number of piperidine rings is 1. The van der Waals surface area contributed by atoms with Gasteiger partial charge >= 0.3 is 5.97 Å². The summed E-state index contributed by atoms with van der Waals surface area (Å²) in [6.45, 7) is 4.57. The number of benzene rings is 1. The third-order valence-corrected chi connectivity index (χ3v) is 6.02. The lowest BCUT2D eigenvalue weighted by molar-refractivity contribution is -0.139. The fourth-order valence-electron chi connectivity index (χ4n) is 4.22. The van der Waals surface area contributed by atoms with E-state index in [9.17, 15) is 9.59 Å². The molecule has 1 aromatic rings. The largest absolute Gasteiger partial charge is 0.481 e. The lowest BCUT2D eigenvalue weighted by atomic mass is 9.90. The molecule has 3 aliphatic rings. The molecule has 1 spiro atoms. The molecule has 1 unspecified atom stereocenters. The molecule has 1 aromatic carbocycles. The van der Waals surface area contributed by atoms with Crippen LogP contribution in [0, 0.1) is 11.3 Å². The zero-order valence-corrected chi connectivity index (χ0v) is 14.3. The summed E-state index contributed by atoms with van der Waals surface area (Å²) in [5, 5.41) is 9.16. The molecule has 1 saturated carbocycles. The van der Waals surface area contributed by atoms with Gasteiger partial charge in [-0.15, -0.1) is 0 Å². The van der Waals surface area contributed by atoms with Crippen molar-refractivity contribution in [3.8, 4) is 0 Å². The van der Waals surface area contributed by atoms with E-state index in [0.29, 0.717) is 18.7 Å². The van der Waals surface area contributed by atoms with Crippen LogP contribution in [0.25, 0.3) is 0 Å². The van der Waals surface area contributed by atoms with Gasteiger partial charge in [0.25, 0.3) is 5.91 Å². The van der Waals surface area contributed by atoms with Gasteiger partial charge in [0.15, 0.2) is 0 Å². The molecular formula is C19H24N2O4. The van der Waals surface area contributed by atoms with Gasteiger partial charge in [0, 0.05) is 37.4 Å². The van der Waals surface area contributed by atoms with Crippen LogP contribution in [0.15, 0.2) is 24.3 Å². The molecule has 2 saturated heterocycles. The maximum Gasteiger partial charge on any atom is 0.307 e. The molecule has 25 heavy (non-hydrogen) atoms. The molecule has 2 heterocycles. The van der Waals surface area contributed by atoms with Crippen molar-refractivity contribution in [3.63, 3.8) is 0 Å². The first-order chi connectivity index (χ1) is 12.1. The van der Waals surface area contributed by atoms with Gasteiger partial charge in [-0.05, 0) is 48.9 Å². The Labute approximate surface area is 147 Å². The van der Waals surface area contributed by atoms with Gasteiger partial charge in [-0.1, -0.05) is 0 Å². The molecule has 1 amide bonds. The average Bonchev–Trinajstić information content (AvgIpc) is 3.36. The Balaban J connectivity index is 1.36. The second-order valence-electron chi connectivity index (χ2n) is 7.40. The Morgan fingerprint density at radius 2 is 1.68 bits per heavy atom. The van der Waals surface area contributed by atoms with Crippen LogP contribution in [-0.4, -0.2) is 61.3 Å². The molecule has 0 aromatic heterocycles. The summed E-state index contributed by atoms with van der Waals surface area (Å²) in [4.78, 5) is 28.0. The zero-order chi connectivity index (χ0) is 17.4. The van der Waals surface area contributed by atoms with Crippen molar-refractivity contribution in [2.75, 3.05) is 44.3 Å². The van der Waals surface area contributed by atoms with Gasteiger partial charge < -0.3 is 19.6 Å². The van der Waals surface area contributed by atoms with Crippen molar-refractivity contribution in [1.82, 2.24) is 4.90 Å². The average molecular weight is 344 g/mol. The first-order valence-corrected chi connectivity index (χ1v) is 9.04. The highest BCUT2D eigenvalue weighted by Gasteiger charge is 2.59. The predicted octanol–water partition coefficient (Wildman–Crippen LogP) is 1.85. The smallest absolute Gasteiger partial charge is 0.307 e. The summed E-state index contributed by atoms with van der Waals surface area (Å²) < 4.78 is 5.37. The molecule has 134 valence electrons. The maximum absolute atomic E-state index is 12.7. The predicted molar refractivity (Wildman–Crippen MR) is 92.8 cm³/mol. The van der Waals surface area contributed by atoms with Crippen molar-refractivity contribution in [3.05, 3.63) is 29.8 Å². The lowest BCUT2D eigenvalue weighted by Crippen LogP contribution is -2.40. The zero-order valence-electron chi connectivity index (χ0n) is 14.3. The van der Waals surface area contributed by atoms with Gasteiger partial charge in [0.1, 0.15) is 0 Å². The molecule has 2 aliphatic heterocycles. The summed E-state index contributed by atoms with van der Waals surface area (Å²) in [5.74, 6) is -0.827. The number of carboxylic acid groups (broad SMARTS) is 1. The van der Waals surface area contributed by atoms with E-state index in [1.54, 1.807) is 0 Å². The minimum absolute atomic E-state index is 0.0389. The number of aliphatic carboxylic acids is 1. The van der Waals surface area contributed by atoms with E-state index in [0.717, 1.165) is 51.3 Å². The lowest BCUT2D eigenvalue weighted by Gasteiger charge is -2.33. The Hall–Kier alpha value is -2.08. The first-order valence-electron chi connectivity index (χ1n) is 9.04. The fraction of sp³-hybridized carbons (Fsp3) is 0.579. The van der Waals surface area contributed by atoms with Gasteiger partial charge in [-0.2, -0.15) is 0 Å². The van der Waals surface area contributed by atoms with Crippen molar-refractivity contribution >= 4 is 17.6 Å². The minimum Gasteiger partial charge on any atom is -0.481 e. The Kier molecular flexibility index (Phi) is 4.15. The highest BCUT2D eigenvalue weighted by molar-refractivity contribution is 5.94. The fourth-order valence-corrected chi connectivity index (χ4v) is 4.22. The number of rotatable bonds is 3. The topological polar surface area (TPSA) is 70.1 Å². The number of nitrogens with zero attached hydrogens (tertiary/aromatic N) is 2. The SMILES string of the molecule is O=C(O)C1CC12CCN(C(=O)c1ccc(N3CCOCC3)cc1)CC2. The standard InChI is InChI=1S/C19H24N2O4/c22-17(21-7-5-19(6-8-21)13-16(19)18(23)24)14-1-3-15(4-2-14)20-9-11-25-12-10-20/h1-4,16H,5-13H2,(H,23,24). The minimum atomic E-state index is -0.682. The molecule has 4 rings (SSSR count). The number of carbonyl (C=O) groups is 2. The summed E-state index contributed by atoms with van der Waals surface area (Å²) in [6.07, 6.45) is 2.39. The second kappa shape index (κ2) is 6.33. The van der Waals surface area contributed by atoms with Crippen LogP contribution < -0.4 is 4.90 Å². The molecule has 1 atom stereocenters. The number of likely N-dealkylation sites (tertiary alicyclic amines) is 1. The highest BCUT2D eigenvalue weighted by Crippen LogP contribution is 2.59. The number of carboxylic acids is 1. The quantitative estimate of drug-likeness (QED) is 0.906. The highest BCUT2D eigenvalue weighted by atomic mass is 16.5. The number of anilines is 1. The van der Waals surface area contributed by atoms with Crippen molar-refractivity contribution < 1.29 is 19.4 Å². The summed E-state index contributed by atoms with van der Waals surface area (Å²) in [5.41, 5.74) is 1.79. The van der Waals surface area contributed by atoms with Crippen LogP contribution in [0.5, 0.6) is 0 Å². The second-order valence-corrected chi connectivity index (χ2v) is 7.40. The summed E-state index contributed by atoms with van der Waals surface area (Å²) in [7, 11) is 0. The number of amides is 1. The van der Waals surface area contributed by atoms with Crippen LogP contribution in [0.1, 0.15) is 29.6 Å². The number of hydrogen-bond acceptors (Lipinski definition) is 4. The van der Waals surface area contributed by atoms with E-state index in [-0.39, 0.29) is 17.2 Å². The van der Waals surface area contributed by atoms with E-state index in [1.165, 1.54) is 0 Å². The van der Waals surface area contributed by atoms with Crippen LogP contribution >= 0.6 is 0 Å². The first kappa shape index (κ1) is 16.4. The van der Waals surface area contributed by atoms with Crippen LogP contribution in [0.3, 0.4) is 0 Å². The van der Waals surface area contributed by atoms with E-state index in [1.807, 2.05) is 29.2 Å². The normalized spacial score (nSPS) is 25.0. The molecular weight excluding hydrogens is 320 g/mol. The van der Waals surface area contributed by atoms with Gasteiger partial charge in [0.2, 0.25) is 0 Å². The van der Waals surface area contributed by atoms with Gasteiger partial charge in [-0.25, -0.2) is 0 Å². The number of carbonyl (C=O) groups excluding carboxylic acids is 1. The molecule has 6 heteroatoms. The van der Waals surface area contributed by atoms with Crippen molar-refractivity contribution in [2.45, 2.75) is 19.3 Å². The molecule has 6 nitrogen and oxygen atoms in total. The Morgan fingerprint density at radius 1 is 1.04 bits per heavy atom. The maximum atomic E-state index is 12.7. The Bertz CT molecular complexity index is 659. The monoisotopic (exact) mass is 344 g/mol. The summed E-state index contributed by atoms with van der Waals surface area (Å²) in [6, 6.07) is 7.81. The van der Waals surface area contributed by atoms with Crippen molar-refractivity contribution in [1.29, 1.82) is 0 Å². The van der Waals surface area contributed by atoms with Crippen LogP contribution in [-0.2, 0) is 9.53 Å². The molecule has 0 bridgehead atoms. The number of hydrogen-bond donors (Lipinski definition) is 1. The molecule has 1 aliphatic carbocycles. The molecule has 0 radical (unpaired) electrons.